The van der Waals surface area contributed by atoms with E-state index in [1.807, 2.05) is 6.92 Å². The highest BCUT2D eigenvalue weighted by molar-refractivity contribution is 7.91. The van der Waals surface area contributed by atoms with Crippen molar-refractivity contribution in [3.05, 3.63) is 58.4 Å². The van der Waals surface area contributed by atoms with Gasteiger partial charge in [-0.15, -0.1) is 0 Å². The van der Waals surface area contributed by atoms with Crippen LogP contribution >= 0.6 is 11.3 Å². The number of hydrogen-bond donors (Lipinski definition) is 0. The first-order chi connectivity index (χ1) is 14.3. The Labute approximate surface area is 176 Å². The average Bonchev–Trinajstić information content (AvgIpc) is 3.05. The van der Waals surface area contributed by atoms with Gasteiger partial charge in [-0.05, 0) is 37.3 Å². The Bertz CT molecular complexity index is 1250. The van der Waals surface area contributed by atoms with Gasteiger partial charge >= 0.3 is 0 Å². The largest absolute Gasteiger partial charge is 0.380 e. The molecule has 1 aromatic heterocycles. The zero-order valence-corrected chi connectivity index (χ0v) is 18.0. The van der Waals surface area contributed by atoms with Crippen LogP contribution < -0.4 is 4.80 Å². The summed E-state index contributed by atoms with van der Waals surface area (Å²) in [5.41, 5.74) is 0.336. The monoisotopic (exact) mass is 454 g/mol. The van der Waals surface area contributed by atoms with E-state index in [9.17, 15) is 22.0 Å². The van der Waals surface area contributed by atoms with E-state index in [-0.39, 0.29) is 39.7 Å². The van der Waals surface area contributed by atoms with Gasteiger partial charge in [0.2, 0.25) is 0 Å². The van der Waals surface area contributed by atoms with Crippen LogP contribution in [0.5, 0.6) is 0 Å². The summed E-state index contributed by atoms with van der Waals surface area (Å²) in [5, 5.41) is 0. The van der Waals surface area contributed by atoms with E-state index in [4.69, 9.17) is 4.74 Å². The summed E-state index contributed by atoms with van der Waals surface area (Å²) in [7, 11) is -3.38. The summed E-state index contributed by atoms with van der Waals surface area (Å²) in [5.74, 6) is -2.13. The maximum Gasteiger partial charge on any atom is 0.279 e. The molecule has 160 valence electrons. The van der Waals surface area contributed by atoms with Crippen molar-refractivity contribution in [1.29, 1.82) is 0 Å². The molecule has 1 heterocycles. The van der Waals surface area contributed by atoms with Crippen molar-refractivity contribution in [3.8, 4) is 0 Å². The molecular weight excluding hydrogens is 434 g/mol. The van der Waals surface area contributed by atoms with E-state index in [0.29, 0.717) is 11.3 Å². The molecule has 0 fully saturated rings. The van der Waals surface area contributed by atoms with E-state index < -0.39 is 27.4 Å². The lowest BCUT2D eigenvalue weighted by molar-refractivity contribution is 0.0996. The van der Waals surface area contributed by atoms with E-state index in [1.54, 1.807) is 0 Å². The number of carbonyl (C=O) groups is 1. The quantitative estimate of drug-likeness (QED) is 0.512. The fourth-order valence-corrected chi connectivity index (χ4v) is 4.82. The van der Waals surface area contributed by atoms with Gasteiger partial charge in [0, 0.05) is 24.8 Å². The fraction of sp³-hybridized carbons (Fsp3) is 0.300. The van der Waals surface area contributed by atoms with Crippen LogP contribution in [0.25, 0.3) is 10.2 Å². The highest BCUT2D eigenvalue weighted by atomic mass is 32.2. The Morgan fingerprint density at radius 1 is 1.17 bits per heavy atom. The molecule has 0 spiro atoms. The summed E-state index contributed by atoms with van der Waals surface area (Å²) in [4.78, 5) is 17.0. The van der Waals surface area contributed by atoms with Crippen molar-refractivity contribution in [2.45, 2.75) is 25.3 Å². The fourth-order valence-electron chi connectivity index (χ4n) is 2.84. The number of rotatable bonds is 7. The van der Waals surface area contributed by atoms with Crippen LogP contribution in [0.15, 0.2) is 46.3 Å². The molecule has 0 aliphatic carbocycles. The van der Waals surface area contributed by atoms with Crippen molar-refractivity contribution in [3.63, 3.8) is 0 Å². The minimum Gasteiger partial charge on any atom is -0.380 e. The number of carbonyl (C=O) groups excluding carboxylic acids is 1. The zero-order chi connectivity index (χ0) is 21.9. The maximum absolute atomic E-state index is 14.4. The van der Waals surface area contributed by atoms with Crippen LogP contribution in [-0.2, 0) is 21.1 Å². The second kappa shape index (κ2) is 9.15. The average molecular weight is 455 g/mol. The van der Waals surface area contributed by atoms with Gasteiger partial charge in [0.05, 0.1) is 27.5 Å². The summed E-state index contributed by atoms with van der Waals surface area (Å²) in [6, 6.07) is 7.44. The van der Waals surface area contributed by atoms with Crippen molar-refractivity contribution in [2.24, 2.45) is 4.99 Å². The van der Waals surface area contributed by atoms with Crippen molar-refractivity contribution >= 4 is 37.3 Å². The second-order valence-corrected chi connectivity index (χ2v) is 9.60. The predicted molar refractivity (Wildman–Crippen MR) is 110 cm³/mol. The molecule has 3 aromatic rings. The number of hydrogen-bond acceptors (Lipinski definition) is 5. The molecule has 6 nitrogen and oxygen atoms in total. The smallest absolute Gasteiger partial charge is 0.279 e. The number of aromatic nitrogens is 1. The summed E-state index contributed by atoms with van der Waals surface area (Å²) < 4.78 is 59.0. The third kappa shape index (κ3) is 4.66. The van der Waals surface area contributed by atoms with Crippen LogP contribution in [0, 0.1) is 11.6 Å². The summed E-state index contributed by atoms with van der Waals surface area (Å²) >= 11 is 0.988. The van der Waals surface area contributed by atoms with E-state index >= 15 is 0 Å². The second-order valence-electron chi connectivity index (χ2n) is 6.31. The number of ether oxygens (including phenoxy) is 1. The number of halogens is 2. The molecule has 0 bridgehead atoms. The molecule has 0 aliphatic heterocycles. The molecule has 0 unspecified atom stereocenters. The molecule has 0 saturated heterocycles. The molecule has 0 aliphatic rings. The normalized spacial score (nSPS) is 12.6. The first kappa shape index (κ1) is 22.3. The lowest BCUT2D eigenvalue weighted by atomic mass is 10.2. The third-order valence-electron chi connectivity index (χ3n) is 4.40. The van der Waals surface area contributed by atoms with Gasteiger partial charge in [-0.3, -0.25) is 4.79 Å². The summed E-state index contributed by atoms with van der Waals surface area (Å²) in [6.45, 7) is 4.33. The minimum absolute atomic E-state index is 0.0472. The van der Waals surface area contributed by atoms with Gasteiger partial charge in [-0.2, -0.15) is 4.99 Å². The molecule has 30 heavy (non-hydrogen) atoms. The number of sulfone groups is 1. The first-order valence-corrected chi connectivity index (χ1v) is 11.7. The number of thiazole rings is 1. The number of benzene rings is 2. The van der Waals surface area contributed by atoms with E-state index in [0.717, 1.165) is 17.4 Å². The number of amides is 1. The van der Waals surface area contributed by atoms with Gasteiger partial charge in [0.15, 0.2) is 20.5 Å². The Hall–Kier alpha value is -2.43. The highest BCUT2D eigenvalue weighted by Crippen LogP contribution is 2.22. The highest BCUT2D eigenvalue weighted by Gasteiger charge is 2.16. The summed E-state index contributed by atoms with van der Waals surface area (Å²) in [6.07, 6.45) is 0. The number of nitrogens with zero attached hydrogens (tertiary/aromatic N) is 2. The topological polar surface area (TPSA) is 77.7 Å². The standard InChI is InChI=1S/C20H20F2N2O4S2/c1-3-28-10-9-24-18-16(22)11-14(21)12-17(18)29-20(24)23-19(25)13-5-7-15(8-6-13)30(26,27)4-2/h5-8,11-12H,3-4,9-10H2,1-2H3. The van der Waals surface area contributed by atoms with Crippen LogP contribution in [0.2, 0.25) is 0 Å². The molecule has 0 N–H and O–H groups in total. The Morgan fingerprint density at radius 2 is 1.87 bits per heavy atom. The van der Waals surface area contributed by atoms with Gasteiger partial charge in [-0.1, -0.05) is 18.3 Å². The van der Waals surface area contributed by atoms with Gasteiger partial charge < -0.3 is 9.30 Å². The number of fused-ring (bicyclic) bond motifs is 1. The Kier molecular flexibility index (Phi) is 6.79. The molecular formula is C20H20F2N2O4S2. The molecule has 10 heteroatoms. The van der Waals surface area contributed by atoms with E-state index in [2.05, 4.69) is 4.99 Å². The Morgan fingerprint density at radius 3 is 2.50 bits per heavy atom. The van der Waals surface area contributed by atoms with Crippen LogP contribution in [0.1, 0.15) is 24.2 Å². The van der Waals surface area contributed by atoms with Crippen LogP contribution in [0.4, 0.5) is 8.78 Å². The molecule has 0 atom stereocenters. The molecule has 2 aromatic carbocycles. The predicted octanol–water partition coefficient (Wildman–Crippen LogP) is 3.55. The van der Waals surface area contributed by atoms with Crippen molar-refractivity contribution < 1.29 is 26.7 Å². The minimum atomic E-state index is -3.38. The first-order valence-electron chi connectivity index (χ1n) is 9.24. The maximum atomic E-state index is 14.4. The molecule has 0 saturated carbocycles. The van der Waals surface area contributed by atoms with Crippen molar-refractivity contribution in [2.75, 3.05) is 19.0 Å². The Balaban J connectivity index is 2.05. The third-order valence-corrected chi connectivity index (χ3v) is 7.17. The van der Waals surface area contributed by atoms with Crippen LogP contribution in [-0.4, -0.2) is 37.9 Å². The van der Waals surface area contributed by atoms with Gasteiger partial charge in [-0.25, -0.2) is 17.2 Å². The lowest BCUT2D eigenvalue weighted by Gasteiger charge is -2.06. The zero-order valence-electron chi connectivity index (χ0n) is 16.4. The van der Waals surface area contributed by atoms with Gasteiger partial charge in [0.1, 0.15) is 5.82 Å². The molecule has 3 rings (SSSR count). The SMILES string of the molecule is CCOCCn1c(=NC(=O)c2ccc(S(=O)(=O)CC)cc2)sc2cc(F)cc(F)c21. The van der Waals surface area contributed by atoms with Gasteiger partial charge in [0.25, 0.3) is 5.91 Å². The lowest BCUT2D eigenvalue weighted by Crippen LogP contribution is -2.20. The molecule has 0 radical (unpaired) electrons. The van der Waals surface area contributed by atoms with Crippen LogP contribution in [0.3, 0.4) is 0 Å². The molecule has 1 amide bonds. The van der Waals surface area contributed by atoms with Crippen molar-refractivity contribution in [1.82, 2.24) is 4.57 Å². The van der Waals surface area contributed by atoms with E-state index in [1.165, 1.54) is 41.8 Å².